The Balaban J connectivity index is 1.58. The summed E-state index contributed by atoms with van der Waals surface area (Å²) in [6.07, 6.45) is 1.32. The van der Waals surface area contributed by atoms with Crippen molar-refractivity contribution in [1.82, 2.24) is 9.55 Å². The lowest BCUT2D eigenvalue weighted by Gasteiger charge is -2.10. The fourth-order valence-electron chi connectivity index (χ4n) is 3.29. The van der Waals surface area contributed by atoms with Gasteiger partial charge in [-0.2, -0.15) is 0 Å². The van der Waals surface area contributed by atoms with Gasteiger partial charge in [0.05, 0.1) is 29.4 Å². The number of amides is 2. The van der Waals surface area contributed by atoms with Gasteiger partial charge in [-0.3, -0.25) is 19.0 Å². The molecule has 0 spiro atoms. The molecule has 2 N–H and O–H groups in total. The number of rotatable bonds is 6. The van der Waals surface area contributed by atoms with Crippen molar-refractivity contribution in [2.24, 2.45) is 0 Å². The molecule has 0 aliphatic heterocycles. The minimum Gasteiger partial charge on any atom is -0.495 e. The molecule has 9 heteroatoms. The Bertz CT molecular complexity index is 1360. The number of ether oxygens (including phenoxy) is 1. The number of fused-ring (bicyclic) bond motifs is 1. The van der Waals surface area contributed by atoms with Crippen molar-refractivity contribution in [3.63, 3.8) is 0 Å². The molecule has 0 aliphatic rings. The standard InChI is InChI=1S/C23H20N4O4S/c1-14-19-22(32-20(14)21(29)25-15-8-4-3-5-9-15)24-13-27(23(19)30)12-18(28)26-16-10-6-7-11-17(16)31-2/h3-11,13H,12H2,1-2H3,(H,25,29)(H,26,28). The summed E-state index contributed by atoms with van der Waals surface area (Å²) in [7, 11) is 1.51. The van der Waals surface area contributed by atoms with Crippen LogP contribution in [0.1, 0.15) is 15.2 Å². The van der Waals surface area contributed by atoms with Crippen molar-refractivity contribution in [2.45, 2.75) is 13.5 Å². The molecule has 2 amide bonds. The maximum absolute atomic E-state index is 13.0. The van der Waals surface area contributed by atoms with Crippen LogP contribution in [0.3, 0.4) is 0 Å². The molecule has 0 fully saturated rings. The summed E-state index contributed by atoms with van der Waals surface area (Å²) in [5, 5.41) is 5.89. The number of aryl methyl sites for hydroxylation is 1. The van der Waals surface area contributed by atoms with Gasteiger partial charge in [0.2, 0.25) is 5.91 Å². The Hall–Kier alpha value is -3.98. The van der Waals surface area contributed by atoms with Gasteiger partial charge in [-0.05, 0) is 36.8 Å². The first-order chi connectivity index (χ1) is 15.5. The van der Waals surface area contributed by atoms with Crippen LogP contribution < -0.4 is 20.9 Å². The van der Waals surface area contributed by atoms with Gasteiger partial charge in [-0.1, -0.05) is 30.3 Å². The van der Waals surface area contributed by atoms with E-state index in [1.165, 1.54) is 18.0 Å². The Labute approximate surface area is 187 Å². The van der Waals surface area contributed by atoms with Crippen molar-refractivity contribution in [1.29, 1.82) is 0 Å². The number of hydrogen-bond donors (Lipinski definition) is 2. The third-order valence-corrected chi connectivity index (χ3v) is 6.05. The maximum Gasteiger partial charge on any atom is 0.266 e. The van der Waals surface area contributed by atoms with Crippen LogP contribution in [-0.4, -0.2) is 28.5 Å². The lowest BCUT2D eigenvalue weighted by molar-refractivity contribution is -0.116. The zero-order valence-electron chi connectivity index (χ0n) is 17.4. The second-order valence-electron chi connectivity index (χ2n) is 6.98. The highest BCUT2D eigenvalue weighted by Crippen LogP contribution is 2.28. The van der Waals surface area contributed by atoms with E-state index in [1.807, 2.05) is 18.2 Å². The third kappa shape index (κ3) is 4.23. The third-order valence-electron chi connectivity index (χ3n) is 4.85. The molecule has 32 heavy (non-hydrogen) atoms. The van der Waals surface area contributed by atoms with Crippen LogP contribution in [-0.2, 0) is 11.3 Å². The fraction of sp³-hybridized carbons (Fsp3) is 0.130. The Morgan fingerprint density at radius 3 is 2.53 bits per heavy atom. The van der Waals surface area contributed by atoms with Crippen LogP contribution in [0.15, 0.2) is 65.7 Å². The largest absolute Gasteiger partial charge is 0.495 e. The molecular formula is C23H20N4O4S. The van der Waals surface area contributed by atoms with Crippen LogP contribution in [0, 0.1) is 6.92 Å². The van der Waals surface area contributed by atoms with E-state index in [-0.39, 0.29) is 18.0 Å². The van der Waals surface area contributed by atoms with Crippen LogP contribution in [0.25, 0.3) is 10.2 Å². The molecule has 2 aromatic carbocycles. The van der Waals surface area contributed by atoms with E-state index in [0.29, 0.717) is 37.8 Å². The number of nitrogens with one attached hydrogen (secondary N) is 2. The van der Waals surface area contributed by atoms with Gasteiger partial charge in [0.15, 0.2) is 0 Å². The first kappa shape index (κ1) is 21.3. The van der Waals surface area contributed by atoms with Gasteiger partial charge < -0.3 is 15.4 Å². The van der Waals surface area contributed by atoms with E-state index < -0.39 is 5.91 Å². The molecule has 0 aliphatic carbocycles. The molecule has 0 radical (unpaired) electrons. The molecule has 162 valence electrons. The van der Waals surface area contributed by atoms with E-state index in [0.717, 1.165) is 11.3 Å². The van der Waals surface area contributed by atoms with Gasteiger partial charge >= 0.3 is 0 Å². The highest BCUT2D eigenvalue weighted by atomic mass is 32.1. The number of methoxy groups -OCH3 is 1. The van der Waals surface area contributed by atoms with Gasteiger partial charge in [0.25, 0.3) is 11.5 Å². The van der Waals surface area contributed by atoms with Crippen molar-refractivity contribution in [3.8, 4) is 5.75 Å². The Morgan fingerprint density at radius 1 is 1.06 bits per heavy atom. The van der Waals surface area contributed by atoms with Crippen LogP contribution in [0.4, 0.5) is 11.4 Å². The topological polar surface area (TPSA) is 102 Å². The molecule has 4 aromatic rings. The van der Waals surface area contributed by atoms with Crippen molar-refractivity contribution in [2.75, 3.05) is 17.7 Å². The SMILES string of the molecule is COc1ccccc1NC(=O)Cn1cnc2sc(C(=O)Nc3ccccc3)c(C)c2c1=O. The number of thiophene rings is 1. The molecule has 8 nitrogen and oxygen atoms in total. The zero-order valence-corrected chi connectivity index (χ0v) is 18.2. The van der Waals surface area contributed by atoms with E-state index in [9.17, 15) is 14.4 Å². The zero-order chi connectivity index (χ0) is 22.7. The normalized spacial score (nSPS) is 10.7. The number of benzene rings is 2. The van der Waals surface area contributed by atoms with E-state index >= 15 is 0 Å². The Morgan fingerprint density at radius 2 is 1.78 bits per heavy atom. The fourth-order valence-corrected chi connectivity index (χ4v) is 4.32. The summed E-state index contributed by atoms with van der Waals surface area (Å²) >= 11 is 1.15. The molecule has 0 saturated carbocycles. The second-order valence-corrected chi connectivity index (χ2v) is 7.98. The first-order valence-corrected chi connectivity index (χ1v) is 10.6. The van der Waals surface area contributed by atoms with Gasteiger partial charge in [0.1, 0.15) is 17.1 Å². The predicted molar refractivity (Wildman–Crippen MR) is 125 cm³/mol. The molecule has 2 aromatic heterocycles. The predicted octanol–water partition coefficient (Wildman–Crippen LogP) is 3.67. The highest BCUT2D eigenvalue weighted by Gasteiger charge is 2.20. The average Bonchev–Trinajstić information content (AvgIpc) is 3.14. The molecule has 2 heterocycles. The van der Waals surface area contributed by atoms with Gasteiger partial charge in [0, 0.05) is 5.69 Å². The van der Waals surface area contributed by atoms with E-state index in [1.54, 1.807) is 43.3 Å². The summed E-state index contributed by atoms with van der Waals surface area (Å²) in [5.74, 6) is -0.186. The van der Waals surface area contributed by atoms with Crippen molar-refractivity contribution >= 4 is 44.7 Å². The lowest BCUT2D eigenvalue weighted by atomic mass is 10.2. The number of carbonyl (C=O) groups is 2. The average molecular weight is 449 g/mol. The summed E-state index contributed by atoms with van der Waals surface area (Å²) in [4.78, 5) is 43.5. The van der Waals surface area contributed by atoms with Crippen LogP contribution in [0.2, 0.25) is 0 Å². The molecule has 0 bridgehead atoms. The molecule has 0 unspecified atom stereocenters. The molecular weight excluding hydrogens is 428 g/mol. The van der Waals surface area contributed by atoms with E-state index in [2.05, 4.69) is 15.6 Å². The van der Waals surface area contributed by atoms with Crippen LogP contribution >= 0.6 is 11.3 Å². The number of aromatic nitrogens is 2. The molecule has 0 saturated heterocycles. The van der Waals surface area contributed by atoms with Gasteiger partial charge in [-0.15, -0.1) is 11.3 Å². The first-order valence-electron chi connectivity index (χ1n) is 9.75. The minimum absolute atomic E-state index is 0.222. The summed E-state index contributed by atoms with van der Waals surface area (Å²) in [6.45, 7) is 1.49. The smallest absolute Gasteiger partial charge is 0.266 e. The number of para-hydroxylation sites is 3. The number of anilines is 2. The number of carbonyl (C=O) groups excluding carboxylic acids is 2. The van der Waals surface area contributed by atoms with Gasteiger partial charge in [-0.25, -0.2) is 4.98 Å². The molecule has 0 atom stereocenters. The molecule has 4 rings (SSSR count). The minimum atomic E-state index is -0.396. The highest BCUT2D eigenvalue weighted by molar-refractivity contribution is 7.20. The maximum atomic E-state index is 13.0. The second kappa shape index (κ2) is 9.03. The lowest BCUT2D eigenvalue weighted by Crippen LogP contribution is -2.28. The van der Waals surface area contributed by atoms with Crippen molar-refractivity contribution in [3.05, 3.63) is 81.7 Å². The summed E-state index contributed by atoms with van der Waals surface area (Å²) in [5.41, 5.74) is 1.33. The summed E-state index contributed by atoms with van der Waals surface area (Å²) < 4.78 is 6.46. The number of hydrogen-bond acceptors (Lipinski definition) is 6. The quantitative estimate of drug-likeness (QED) is 0.469. The monoisotopic (exact) mass is 448 g/mol. The Kier molecular flexibility index (Phi) is 6.00. The summed E-state index contributed by atoms with van der Waals surface area (Å²) in [6, 6.07) is 16.1. The van der Waals surface area contributed by atoms with Crippen LogP contribution in [0.5, 0.6) is 5.75 Å². The van der Waals surface area contributed by atoms with Crippen molar-refractivity contribution < 1.29 is 14.3 Å². The van der Waals surface area contributed by atoms with E-state index in [4.69, 9.17) is 4.74 Å². The number of nitrogens with zero attached hydrogens (tertiary/aromatic N) is 2.